The Morgan fingerprint density at radius 2 is 1.80 bits per heavy atom. The molecule has 30 heavy (non-hydrogen) atoms. The summed E-state index contributed by atoms with van der Waals surface area (Å²) in [7, 11) is -3.24. The highest BCUT2D eigenvalue weighted by atomic mass is 32.2. The fourth-order valence-corrected chi connectivity index (χ4v) is 4.56. The monoisotopic (exact) mass is 419 g/mol. The van der Waals surface area contributed by atoms with Crippen molar-refractivity contribution < 1.29 is 13.2 Å². The quantitative estimate of drug-likeness (QED) is 0.511. The van der Waals surface area contributed by atoms with Gasteiger partial charge >= 0.3 is 0 Å². The molecule has 1 heterocycles. The number of fused-ring (bicyclic) bond motifs is 3. The smallest absolute Gasteiger partial charge is 0.249 e. The van der Waals surface area contributed by atoms with Gasteiger partial charge in [0.25, 0.3) is 0 Å². The van der Waals surface area contributed by atoms with Crippen molar-refractivity contribution in [2.24, 2.45) is 5.73 Å². The highest BCUT2D eigenvalue weighted by Crippen LogP contribution is 2.33. The minimum Gasteiger partial charge on any atom is -0.366 e. The fourth-order valence-electron chi connectivity index (χ4n) is 3.93. The van der Waals surface area contributed by atoms with Crippen molar-refractivity contribution in [3.63, 3.8) is 0 Å². The van der Waals surface area contributed by atoms with Gasteiger partial charge in [-0.3, -0.25) is 4.79 Å². The van der Waals surface area contributed by atoms with E-state index in [2.05, 4.69) is 23.6 Å². The Bertz CT molecular complexity index is 1370. The SMILES string of the molecule is CCCc1c[c]c2c3c(C(N)=O)cccc3n(Cc3ccc(S(C)(=O)=O)cc3)c2c1. The molecule has 0 aliphatic heterocycles. The average molecular weight is 420 g/mol. The number of carbonyl (C=O) groups is 1. The van der Waals surface area contributed by atoms with E-state index in [0.29, 0.717) is 17.0 Å². The standard InChI is InChI=1S/C24H23N2O3S/c1-3-5-16-10-13-19-22(14-16)26(21-7-4-6-20(23(19)21)24(25)27)15-17-8-11-18(12-9-17)30(2,28)29/h4,6-12,14H,3,5,15H2,1-2H3,(H2,25,27). The van der Waals surface area contributed by atoms with Crippen molar-refractivity contribution in [1.29, 1.82) is 0 Å². The number of nitrogens with two attached hydrogens (primary N) is 1. The van der Waals surface area contributed by atoms with Crippen LogP contribution in [0.1, 0.15) is 34.8 Å². The minimum absolute atomic E-state index is 0.294. The zero-order valence-electron chi connectivity index (χ0n) is 17.0. The maximum absolute atomic E-state index is 12.1. The number of sulfone groups is 1. The van der Waals surface area contributed by atoms with Crippen molar-refractivity contribution in [3.05, 3.63) is 77.4 Å². The summed E-state index contributed by atoms with van der Waals surface area (Å²) in [5.41, 5.74) is 10.2. The number of hydrogen-bond donors (Lipinski definition) is 1. The Balaban J connectivity index is 1.93. The molecule has 4 rings (SSSR count). The van der Waals surface area contributed by atoms with Crippen LogP contribution in [0.15, 0.2) is 59.5 Å². The number of amides is 1. The van der Waals surface area contributed by atoms with Crippen molar-refractivity contribution in [1.82, 2.24) is 4.57 Å². The Kier molecular flexibility index (Phi) is 5.12. The third-order valence-electron chi connectivity index (χ3n) is 5.35. The first-order chi connectivity index (χ1) is 14.3. The summed E-state index contributed by atoms with van der Waals surface area (Å²) in [6.07, 6.45) is 3.17. The second-order valence-electron chi connectivity index (χ2n) is 7.58. The van der Waals surface area contributed by atoms with Gasteiger partial charge in [0.15, 0.2) is 9.84 Å². The molecule has 1 radical (unpaired) electrons. The van der Waals surface area contributed by atoms with Gasteiger partial charge in [0.2, 0.25) is 5.91 Å². The normalized spacial score (nSPS) is 11.9. The molecular weight excluding hydrogens is 396 g/mol. The maximum atomic E-state index is 12.1. The Labute approximate surface area is 176 Å². The molecule has 0 atom stereocenters. The summed E-state index contributed by atoms with van der Waals surface area (Å²) in [5.74, 6) is -0.469. The van der Waals surface area contributed by atoms with E-state index in [1.54, 1.807) is 18.2 Å². The summed E-state index contributed by atoms with van der Waals surface area (Å²) >= 11 is 0. The first-order valence-electron chi connectivity index (χ1n) is 9.84. The largest absolute Gasteiger partial charge is 0.366 e. The summed E-state index contributed by atoms with van der Waals surface area (Å²) in [6.45, 7) is 2.67. The van der Waals surface area contributed by atoms with Crippen molar-refractivity contribution in [3.8, 4) is 0 Å². The minimum atomic E-state index is -3.24. The fraction of sp³-hybridized carbons (Fsp3) is 0.208. The molecule has 2 N–H and O–H groups in total. The number of primary amides is 1. The summed E-state index contributed by atoms with van der Waals surface area (Å²) < 4.78 is 25.7. The molecule has 1 aromatic heterocycles. The van der Waals surface area contributed by atoms with E-state index in [1.807, 2.05) is 30.3 Å². The molecule has 1 amide bonds. The second-order valence-corrected chi connectivity index (χ2v) is 9.60. The Hall–Kier alpha value is -3.12. The molecule has 0 aliphatic carbocycles. The topological polar surface area (TPSA) is 82.2 Å². The molecule has 4 aromatic rings. The van der Waals surface area contributed by atoms with Gasteiger partial charge in [0.1, 0.15) is 0 Å². The number of benzene rings is 3. The van der Waals surface area contributed by atoms with Gasteiger partial charge in [-0.2, -0.15) is 0 Å². The van der Waals surface area contributed by atoms with E-state index in [-0.39, 0.29) is 0 Å². The lowest BCUT2D eigenvalue weighted by Gasteiger charge is -2.10. The maximum Gasteiger partial charge on any atom is 0.249 e. The van der Waals surface area contributed by atoms with Crippen LogP contribution < -0.4 is 5.73 Å². The number of nitrogens with zero attached hydrogens (tertiary/aromatic N) is 1. The zero-order chi connectivity index (χ0) is 21.5. The number of aromatic nitrogens is 1. The Morgan fingerprint density at radius 1 is 1.07 bits per heavy atom. The summed E-state index contributed by atoms with van der Waals surface area (Å²) in [4.78, 5) is 12.4. The Morgan fingerprint density at radius 3 is 2.43 bits per heavy atom. The van der Waals surface area contributed by atoms with Gasteiger partial charge in [-0.1, -0.05) is 37.6 Å². The van der Waals surface area contributed by atoms with Gasteiger partial charge in [0, 0.05) is 29.1 Å². The van der Waals surface area contributed by atoms with Crippen LogP contribution in [0.2, 0.25) is 0 Å². The van der Waals surface area contributed by atoms with Gasteiger partial charge in [0.05, 0.1) is 15.9 Å². The highest BCUT2D eigenvalue weighted by Gasteiger charge is 2.17. The second kappa shape index (κ2) is 7.61. The van der Waals surface area contributed by atoms with Crippen molar-refractivity contribution >= 4 is 37.6 Å². The average Bonchev–Trinajstić information content (AvgIpc) is 3.01. The first-order valence-corrected chi connectivity index (χ1v) is 11.7. The molecule has 153 valence electrons. The van der Waals surface area contributed by atoms with Crippen LogP contribution in [0.3, 0.4) is 0 Å². The number of hydrogen-bond acceptors (Lipinski definition) is 3. The van der Waals surface area contributed by atoms with Gasteiger partial charge in [-0.05, 0) is 53.9 Å². The van der Waals surface area contributed by atoms with Crippen LogP contribution in [0.25, 0.3) is 21.8 Å². The van der Waals surface area contributed by atoms with Crippen LogP contribution >= 0.6 is 0 Å². The van der Waals surface area contributed by atoms with Crippen molar-refractivity contribution in [2.45, 2.75) is 31.2 Å². The molecule has 0 unspecified atom stereocenters. The van der Waals surface area contributed by atoms with Gasteiger partial charge < -0.3 is 10.3 Å². The molecule has 0 saturated carbocycles. The van der Waals surface area contributed by atoms with E-state index in [4.69, 9.17) is 5.73 Å². The van der Waals surface area contributed by atoms with Crippen LogP contribution in [-0.2, 0) is 22.8 Å². The predicted molar refractivity (Wildman–Crippen MR) is 119 cm³/mol. The van der Waals surface area contributed by atoms with Crippen LogP contribution in [0.4, 0.5) is 0 Å². The summed E-state index contributed by atoms with van der Waals surface area (Å²) in [6, 6.07) is 19.9. The van der Waals surface area contributed by atoms with Crippen LogP contribution in [-0.4, -0.2) is 25.1 Å². The van der Waals surface area contributed by atoms with E-state index in [9.17, 15) is 13.2 Å². The van der Waals surface area contributed by atoms with Crippen LogP contribution in [0, 0.1) is 6.07 Å². The molecule has 6 heteroatoms. The molecule has 0 fully saturated rings. The molecule has 0 saturated heterocycles. The first kappa shape index (κ1) is 20.2. The molecule has 0 spiro atoms. The van der Waals surface area contributed by atoms with E-state index in [0.717, 1.165) is 40.2 Å². The number of carbonyl (C=O) groups excluding carboxylic acids is 1. The van der Waals surface area contributed by atoms with E-state index >= 15 is 0 Å². The van der Waals surface area contributed by atoms with Crippen molar-refractivity contribution in [2.75, 3.05) is 6.26 Å². The zero-order valence-corrected chi connectivity index (χ0v) is 17.8. The molecule has 0 aliphatic rings. The highest BCUT2D eigenvalue weighted by molar-refractivity contribution is 7.90. The van der Waals surface area contributed by atoms with Crippen LogP contribution in [0.5, 0.6) is 0 Å². The summed E-state index contributed by atoms with van der Waals surface area (Å²) in [5, 5.41) is 1.67. The molecule has 0 bridgehead atoms. The predicted octanol–water partition coefficient (Wildman–Crippen LogP) is 4.10. The number of aryl methyl sites for hydroxylation is 1. The molecule has 5 nitrogen and oxygen atoms in total. The lowest BCUT2D eigenvalue weighted by atomic mass is 10.0. The van der Waals surface area contributed by atoms with Gasteiger partial charge in [-0.25, -0.2) is 8.42 Å². The molecular formula is C24H23N2O3S. The van der Waals surface area contributed by atoms with E-state index < -0.39 is 15.7 Å². The lowest BCUT2D eigenvalue weighted by molar-refractivity contribution is 0.100. The van der Waals surface area contributed by atoms with Gasteiger partial charge in [-0.15, -0.1) is 0 Å². The van der Waals surface area contributed by atoms with E-state index in [1.165, 1.54) is 11.8 Å². The third-order valence-corrected chi connectivity index (χ3v) is 6.48. The third kappa shape index (κ3) is 3.59. The lowest BCUT2D eigenvalue weighted by Crippen LogP contribution is -2.11. The molecule has 3 aromatic carbocycles. The number of rotatable bonds is 6.